The van der Waals surface area contributed by atoms with Crippen LogP contribution in [0.5, 0.6) is 0 Å². The molecule has 0 saturated heterocycles. The zero-order chi connectivity index (χ0) is 11.5. The topological polar surface area (TPSA) is 64.9 Å². The van der Waals surface area contributed by atoms with Crippen molar-refractivity contribution in [1.82, 2.24) is 4.98 Å². The zero-order valence-electron chi connectivity index (χ0n) is 8.60. The van der Waals surface area contributed by atoms with Gasteiger partial charge >= 0.3 is 0 Å². The molecular weight excluding hydrogens is 205 g/mol. The van der Waals surface area contributed by atoms with Gasteiger partial charge in [-0.05, 0) is 23.8 Å². The van der Waals surface area contributed by atoms with Gasteiger partial charge in [0.1, 0.15) is 5.82 Å². The lowest BCUT2D eigenvalue weighted by Crippen LogP contribution is -2.14. The first-order valence-electron chi connectivity index (χ1n) is 4.89. The summed E-state index contributed by atoms with van der Waals surface area (Å²) in [6.45, 7) is 0. The second-order valence-corrected chi connectivity index (χ2v) is 3.53. The van der Waals surface area contributed by atoms with E-state index in [1.807, 2.05) is 0 Å². The Morgan fingerprint density at radius 1 is 1.12 bits per heavy atom. The van der Waals surface area contributed by atoms with Gasteiger partial charge in [0, 0.05) is 23.6 Å². The number of pyridine rings is 1. The summed E-state index contributed by atoms with van der Waals surface area (Å²) in [6, 6.07) is 7.36. The Balaban J connectivity index is 2.35. The smallest absolute Gasteiger partial charge is 0.123 e. The van der Waals surface area contributed by atoms with Crippen molar-refractivity contribution in [1.29, 1.82) is 0 Å². The number of nitrogens with zero attached hydrogens (tertiary/aromatic N) is 1. The normalized spacial score (nSPS) is 12.4. The molecule has 0 aliphatic heterocycles. The van der Waals surface area contributed by atoms with Crippen molar-refractivity contribution in [3.63, 3.8) is 0 Å². The molecule has 0 amide bonds. The highest BCUT2D eigenvalue weighted by atomic mass is 19.1. The lowest BCUT2D eigenvalue weighted by Gasteiger charge is -2.13. The summed E-state index contributed by atoms with van der Waals surface area (Å²) in [7, 11) is 0. The third-order valence-corrected chi connectivity index (χ3v) is 2.45. The lowest BCUT2D eigenvalue weighted by atomic mass is 10.00. The minimum absolute atomic E-state index is 0.282. The first-order chi connectivity index (χ1) is 7.68. The van der Waals surface area contributed by atoms with Crippen molar-refractivity contribution in [3.05, 3.63) is 59.7 Å². The molecule has 0 fully saturated rings. The van der Waals surface area contributed by atoms with Crippen LogP contribution in [0, 0.1) is 5.82 Å². The first-order valence-corrected chi connectivity index (χ1v) is 4.89. The van der Waals surface area contributed by atoms with E-state index in [9.17, 15) is 4.39 Å². The van der Waals surface area contributed by atoms with Crippen LogP contribution in [0.4, 0.5) is 10.1 Å². The van der Waals surface area contributed by atoms with Crippen molar-refractivity contribution < 1.29 is 4.39 Å². The Morgan fingerprint density at radius 3 is 2.44 bits per heavy atom. The molecule has 0 radical (unpaired) electrons. The quantitative estimate of drug-likeness (QED) is 0.806. The first kappa shape index (κ1) is 10.6. The summed E-state index contributed by atoms with van der Waals surface area (Å²) in [5, 5.41) is 0. The van der Waals surface area contributed by atoms with Crippen molar-refractivity contribution in [2.45, 2.75) is 6.04 Å². The molecule has 2 rings (SSSR count). The van der Waals surface area contributed by atoms with Gasteiger partial charge in [0.05, 0.1) is 6.04 Å². The van der Waals surface area contributed by atoms with E-state index < -0.39 is 0 Å². The van der Waals surface area contributed by atoms with E-state index in [1.54, 1.807) is 30.6 Å². The average molecular weight is 217 g/mol. The van der Waals surface area contributed by atoms with E-state index in [4.69, 9.17) is 11.5 Å². The predicted molar refractivity (Wildman–Crippen MR) is 61.1 cm³/mol. The molecule has 1 atom stereocenters. The van der Waals surface area contributed by atoms with Gasteiger partial charge in [0.2, 0.25) is 0 Å². The molecule has 4 N–H and O–H groups in total. The standard InChI is InChI=1S/C12H12FN3/c13-9-3-1-8(2-4-9)12(15)10-7-16-6-5-11(10)14/h1-7,12H,15H2,(H2,14,16). The Kier molecular flexibility index (Phi) is 2.83. The van der Waals surface area contributed by atoms with Gasteiger partial charge < -0.3 is 11.5 Å². The SMILES string of the molecule is Nc1ccncc1C(N)c1ccc(F)cc1. The highest BCUT2D eigenvalue weighted by Gasteiger charge is 2.11. The Hall–Kier alpha value is -1.94. The van der Waals surface area contributed by atoms with E-state index in [2.05, 4.69) is 4.98 Å². The van der Waals surface area contributed by atoms with Gasteiger partial charge in [-0.15, -0.1) is 0 Å². The maximum Gasteiger partial charge on any atom is 0.123 e. The van der Waals surface area contributed by atoms with Gasteiger partial charge in [-0.2, -0.15) is 0 Å². The minimum atomic E-state index is -0.380. The van der Waals surface area contributed by atoms with E-state index in [1.165, 1.54) is 12.1 Å². The fourth-order valence-electron chi connectivity index (χ4n) is 1.53. The van der Waals surface area contributed by atoms with Crippen LogP contribution < -0.4 is 11.5 Å². The van der Waals surface area contributed by atoms with Crippen LogP contribution in [0.3, 0.4) is 0 Å². The Morgan fingerprint density at radius 2 is 1.81 bits per heavy atom. The number of hydrogen-bond donors (Lipinski definition) is 2. The molecule has 1 heterocycles. The molecular formula is C12H12FN3. The molecule has 0 aliphatic carbocycles. The van der Waals surface area contributed by atoms with Crippen LogP contribution in [-0.4, -0.2) is 4.98 Å². The Bertz CT molecular complexity index is 482. The van der Waals surface area contributed by atoms with Crippen molar-refractivity contribution in [2.24, 2.45) is 5.73 Å². The van der Waals surface area contributed by atoms with Crippen LogP contribution in [0.15, 0.2) is 42.7 Å². The van der Waals surface area contributed by atoms with E-state index >= 15 is 0 Å². The van der Waals surface area contributed by atoms with Gasteiger partial charge in [0.25, 0.3) is 0 Å². The number of benzene rings is 1. The zero-order valence-corrected chi connectivity index (χ0v) is 8.60. The number of nitrogens with two attached hydrogens (primary N) is 2. The van der Waals surface area contributed by atoms with Crippen LogP contribution in [0.2, 0.25) is 0 Å². The third kappa shape index (κ3) is 2.01. The molecule has 0 saturated carbocycles. The lowest BCUT2D eigenvalue weighted by molar-refractivity contribution is 0.626. The second kappa shape index (κ2) is 4.28. The maximum absolute atomic E-state index is 12.8. The molecule has 2 aromatic rings. The molecule has 0 bridgehead atoms. The van der Waals surface area contributed by atoms with Crippen LogP contribution >= 0.6 is 0 Å². The molecule has 0 spiro atoms. The summed E-state index contributed by atoms with van der Waals surface area (Å²) in [6.07, 6.45) is 3.24. The largest absolute Gasteiger partial charge is 0.398 e. The van der Waals surface area contributed by atoms with E-state index in [0.717, 1.165) is 11.1 Å². The van der Waals surface area contributed by atoms with Gasteiger partial charge in [-0.25, -0.2) is 4.39 Å². The van der Waals surface area contributed by atoms with E-state index in [0.29, 0.717) is 5.69 Å². The fraction of sp³-hybridized carbons (Fsp3) is 0.0833. The highest BCUT2D eigenvalue weighted by molar-refractivity contribution is 5.49. The van der Waals surface area contributed by atoms with Crippen molar-refractivity contribution >= 4 is 5.69 Å². The molecule has 1 unspecified atom stereocenters. The number of aromatic nitrogens is 1. The van der Waals surface area contributed by atoms with Crippen LogP contribution in [-0.2, 0) is 0 Å². The minimum Gasteiger partial charge on any atom is -0.398 e. The summed E-state index contributed by atoms with van der Waals surface area (Å²) >= 11 is 0. The molecule has 1 aromatic heterocycles. The molecule has 1 aromatic carbocycles. The number of anilines is 1. The average Bonchev–Trinajstić information content (AvgIpc) is 2.30. The summed E-state index contributed by atoms with van der Waals surface area (Å²) in [5.41, 5.74) is 14.0. The van der Waals surface area contributed by atoms with E-state index in [-0.39, 0.29) is 11.9 Å². The molecule has 3 nitrogen and oxygen atoms in total. The fourth-order valence-corrected chi connectivity index (χ4v) is 1.53. The summed E-state index contributed by atoms with van der Waals surface area (Å²) < 4.78 is 12.8. The molecule has 16 heavy (non-hydrogen) atoms. The van der Waals surface area contributed by atoms with Crippen molar-refractivity contribution in [3.8, 4) is 0 Å². The maximum atomic E-state index is 12.8. The predicted octanol–water partition coefficient (Wildman–Crippen LogP) is 1.85. The third-order valence-electron chi connectivity index (χ3n) is 2.45. The summed E-state index contributed by atoms with van der Waals surface area (Å²) in [5.74, 6) is -0.282. The number of hydrogen-bond acceptors (Lipinski definition) is 3. The van der Waals surface area contributed by atoms with Gasteiger partial charge in [-0.3, -0.25) is 4.98 Å². The highest BCUT2D eigenvalue weighted by Crippen LogP contribution is 2.23. The summed E-state index contributed by atoms with van der Waals surface area (Å²) in [4.78, 5) is 3.98. The second-order valence-electron chi connectivity index (χ2n) is 3.53. The van der Waals surface area contributed by atoms with Crippen LogP contribution in [0.25, 0.3) is 0 Å². The molecule has 0 aliphatic rings. The van der Waals surface area contributed by atoms with Gasteiger partial charge in [-0.1, -0.05) is 12.1 Å². The molecule has 4 heteroatoms. The van der Waals surface area contributed by atoms with Crippen molar-refractivity contribution in [2.75, 3.05) is 5.73 Å². The number of nitrogen functional groups attached to an aromatic ring is 1. The molecule has 82 valence electrons. The number of rotatable bonds is 2. The number of halogens is 1. The Labute approximate surface area is 92.9 Å². The van der Waals surface area contributed by atoms with Crippen LogP contribution in [0.1, 0.15) is 17.2 Å². The van der Waals surface area contributed by atoms with Gasteiger partial charge in [0.15, 0.2) is 0 Å². The monoisotopic (exact) mass is 217 g/mol.